The van der Waals surface area contributed by atoms with E-state index in [-0.39, 0.29) is 23.1 Å². The van der Waals surface area contributed by atoms with Crippen LogP contribution in [0.25, 0.3) is 11.1 Å². The number of ether oxygens (including phenoxy) is 3. The molecule has 1 atom stereocenters. The Labute approximate surface area is 292 Å². The maximum atomic E-state index is 16.4. The summed E-state index contributed by atoms with van der Waals surface area (Å²) in [6.45, 7) is 7.86. The minimum absolute atomic E-state index is 0.00955. The Kier molecular flexibility index (Phi) is 9.39. The number of anilines is 1. The summed E-state index contributed by atoms with van der Waals surface area (Å²) in [5, 5.41) is 1.72. The van der Waals surface area contributed by atoms with E-state index in [0.717, 1.165) is 32.8 Å². The van der Waals surface area contributed by atoms with Crippen molar-refractivity contribution in [2.24, 2.45) is 0 Å². The summed E-state index contributed by atoms with van der Waals surface area (Å²) in [5.41, 5.74) is 1.19. The molecule has 0 spiro atoms. The molecular formula is C35H37FN4O8S2. The maximum Gasteiger partial charge on any atom is 0.420 e. The van der Waals surface area contributed by atoms with Gasteiger partial charge in [0.2, 0.25) is 0 Å². The van der Waals surface area contributed by atoms with Gasteiger partial charge in [-0.15, -0.1) is 11.3 Å². The zero-order valence-electron chi connectivity index (χ0n) is 28.4. The minimum atomic E-state index is -4.59. The fourth-order valence-electron chi connectivity index (χ4n) is 6.02. The van der Waals surface area contributed by atoms with Crippen molar-refractivity contribution >= 4 is 43.7 Å². The largest absolute Gasteiger partial charge is 0.497 e. The number of oxazole rings is 1. The molecule has 5 aromatic rings. The number of hydrogen-bond donors (Lipinski definition) is 0. The van der Waals surface area contributed by atoms with Crippen molar-refractivity contribution < 1.29 is 36.2 Å². The predicted molar refractivity (Wildman–Crippen MR) is 186 cm³/mol. The van der Waals surface area contributed by atoms with E-state index in [0.29, 0.717) is 30.2 Å². The number of carbonyl (C=O) groups excluding carboxylic acids is 1. The third kappa shape index (κ3) is 6.54. The highest BCUT2D eigenvalue weighted by Gasteiger charge is 2.37. The zero-order chi connectivity index (χ0) is 36.0. The van der Waals surface area contributed by atoms with E-state index in [9.17, 15) is 18.0 Å². The summed E-state index contributed by atoms with van der Waals surface area (Å²) in [4.78, 5) is 31.0. The molecule has 2 aromatic heterocycles. The van der Waals surface area contributed by atoms with Gasteiger partial charge in [-0.1, -0.05) is 24.3 Å². The molecule has 6 rings (SSSR count). The molecule has 12 nitrogen and oxygen atoms in total. The van der Waals surface area contributed by atoms with Crippen molar-refractivity contribution in [3.05, 3.63) is 99.2 Å². The molecule has 1 unspecified atom stereocenters. The quantitative estimate of drug-likeness (QED) is 0.157. The second-order valence-corrected chi connectivity index (χ2v) is 15.6. The Hall–Kier alpha value is -4.89. The van der Waals surface area contributed by atoms with Crippen molar-refractivity contribution in [2.45, 2.75) is 56.7 Å². The molecule has 3 aromatic carbocycles. The first-order valence-electron chi connectivity index (χ1n) is 15.8. The fourth-order valence-corrected chi connectivity index (χ4v) is 8.35. The van der Waals surface area contributed by atoms with E-state index < -0.39 is 49.8 Å². The van der Waals surface area contributed by atoms with E-state index in [2.05, 4.69) is 4.98 Å². The molecular weight excluding hydrogens is 688 g/mol. The van der Waals surface area contributed by atoms with Crippen LogP contribution < -0.4 is 19.5 Å². The van der Waals surface area contributed by atoms with Gasteiger partial charge >= 0.3 is 11.8 Å². The number of methoxy groups -OCH3 is 2. The number of nitrogens with zero attached hydrogens (tertiary/aromatic N) is 4. The third-order valence-corrected chi connectivity index (χ3v) is 11.2. The number of aromatic nitrogens is 2. The van der Waals surface area contributed by atoms with Crippen molar-refractivity contribution in [1.29, 1.82) is 0 Å². The normalized spacial score (nSPS) is 14.3. The average molecular weight is 725 g/mol. The second-order valence-electron chi connectivity index (χ2n) is 12.9. The van der Waals surface area contributed by atoms with Crippen LogP contribution in [0.15, 0.2) is 80.3 Å². The van der Waals surface area contributed by atoms with Crippen molar-refractivity contribution in [3.8, 4) is 11.5 Å². The molecule has 1 aliphatic rings. The first-order valence-corrected chi connectivity index (χ1v) is 18.1. The maximum absolute atomic E-state index is 16.4. The number of likely N-dealkylation sites (tertiary alicyclic amines) is 1. The molecule has 0 radical (unpaired) electrons. The standard InChI is InChI=1S/C35H37FN4O8S2/c1-21(25-9-7-8-10-26(25)23-18-38(19-23)33(41)48-35(2,3)4)40-27-13-14-29(30(36)31(27)47-34(40)42)50(43,44)39(32-37-15-16-49-32)20-22-11-12-24(45-5)17-28(22)46-6/h7-17,21,23H,18-20H2,1-6H3. The molecule has 0 saturated carbocycles. The van der Waals surface area contributed by atoms with Gasteiger partial charge in [0.05, 0.1) is 32.3 Å². The van der Waals surface area contributed by atoms with Crippen LogP contribution in [0.2, 0.25) is 0 Å². The summed E-state index contributed by atoms with van der Waals surface area (Å²) in [6, 6.07) is 14.3. The molecule has 50 heavy (non-hydrogen) atoms. The number of fused-ring (bicyclic) bond motifs is 1. The number of amides is 1. The van der Waals surface area contributed by atoms with Gasteiger partial charge in [-0.25, -0.2) is 31.7 Å². The van der Waals surface area contributed by atoms with E-state index in [1.807, 2.05) is 45.0 Å². The van der Waals surface area contributed by atoms with Gasteiger partial charge < -0.3 is 23.5 Å². The van der Waals surface area contributed by atoms with Crippen LogP contribution >= 0.6 is 11.3 Å². The Balaban J connectivity index is 1.33. The summed E-state index contributed by atoms with van der Waals surface area (Å²) < 4.78 is 68.7. The van der Waals surface area contributed by atoms with Gasteiger partial charge in [-0.3, -0.25) is 4.57 Å². The van der Waals surface area contributed by atoms with Crippen molar-refractivity contribution in [1.82, 2.24) is 14.5 Å². The summed E-state index contributed by atoms with van der Waals surface area (Å²) in [6.07, 6.45) is 1.05. The summed E-state index contributed by atoms with van der Waals surface area (Å²) in [5.74, 6) is -1.18. The molecule has 1 saturated heterocycles. The smallest absolute Gasteiger partial charge is 0.420 e. The average Bonchev–Trinajstić information content (AvgIpc) is 3.70. The van der Waals surface area contributed by atoms with Crippen LogP contribution in [0.5, 0.6) is 11.5 Å². The number of carbonyl (C=O) groups is 1. The highest BCUT2D eigenvalue weighted by Crippen LogP contribution is 2.37. The number of halogens is 1. The molecule has 0 aliphatic carbocycles. The van der Waals surface area contributed by atoms with E-state index in [4.69, 9.17) is 18.6 Å². The molecule has 1 fully saturated rings. The monoisotopic (exact) mass is 724 g/mol. The Morgan fingerprint density at radius 1 is 1.12 bits per heavy atom. The molecule has 0 bridgehead atoms. The minimum Gasteiger partial charge on any atom is -0.497 e. The summed E-state index contributed by atoms with van der Waals surface area (Å²) in [7, 11) is -1.64. The van der Waals surface area contributed by atoms with Gasteiger partial charge in [-0.2, -0.15) is 0 Å². The molecule has 1 aliphatic heterocycles. The van der Waals surface area contributed by atoms with Gasteiger partial charge in [0.1, 0.15) is 22.0 Å². The number of sulfonamides is 1. The van der Waals surface area contributed by atoms with E-state index in [1.54, 1.807) is 35.4 Å². The number of thiazole rings is 1. The van der Waals surface area contributed by atoms with Crippen LogP contribution in [0.3, 0.4) is 0 Å². The van der Waals surface area contributed by atoms with Crippen LogP contribution in [0.4, 0.5) is 14.3 Å². The topological polar surface area (TPSA) is 133 Å². The highest BCUT2D eigenvalue weighted by atomic mass is 32.2. The molecule has 264 valence electrons. The first-order chi connectivity index (χ1) is 23.7. The van der Waals surface area contributed by atoms with E-state index in [1.165, 1.54) is 31.0 Å². The molecule has 0 N–H and O–H groups in total. The van der Waals surface area contributed by atoms with Crippen molar-refractivity contribution in [3.63, 3.8) is 0 Å². The van der Waals surface area contributed by atoms with Crippen LogP contribution in [0.1, 0.15) is 56.3 Å². The molecule has 1 amide bonds. The molecule has 3 heterocycles. The van der Waals surface area contributed by atoms with Gasteiger partial charge in [0.15, 0.2) is 16.5 Å². The summed E-state index contributed by atoms with van der Waals surface area (Å²) >= 11 is 1.07. The van der Waals surface area contributed by atoms with Crippen molar-refractivity contribution in [2.75, 3.05) is 31.6 Å². The van der Waals surface area contributed by atoms with Crippen LogP contribution in [0, 0.1) is 5.82 Å². The lowest BCUT2D eigenvalue weighted by atomic mass is 9.86. The Morgan fingerprint density at radius 3 is 2.52 bits per heavy atom. The zero-order valence-corrected chi connectivity index (χ0v) is 30.0. The van der Waals surface area contributed by atoms with Crippen LogP contribution in [-0.4, -0.2) is 61.9 Å². The Morgan fingerprint density at radius 2 is 1.86 bits per heavy atom. The second kappa shape index (κ2) is 13.4. The first kappa shape index (κ1) is 35.0. The van der Waals surface area contributed by atoms with Crippen LogP contribution in [-0.2, 0) is 21.3 Å². The van der Waals surface area contributed by atoms with E-state index >= 15 is 4.39 Å². The highest BCUT2D eigenvalue weighted by molar-refractivity contribution is 7.93. The SMILES string of the molecule is COc1ccc(CN(c2nccs2)S(=O)(=O)c2ccc3c(oc(=O)n3C(C)c3ccccc3C3CN(C(=O)OC(C)(C)C)C3)c2F)c(OC)c1. The fraction of sp³-hybridized carbons (Fsp3) is 0.343. The molecule has 15 heteroatoms. The third-order valence-electron chi connectivity index (χ3n) is 8.50. The Bertz CT molecular complexity index is 2200. The van der Waals surface area contributed by atoms with Gasteiger partial charge in [0.25, 0.3) is 10.0 Å². The number of hydrogen-bond acceptors (Lipinski definition) is 10. The number of rotatable bonds is 10. The predicted octanol–water partition coefficient (Wildman–Crippen LogP) is 6.55. The lowest BCUT2D eigenvalue weighted by Gasteiger charge is -2.41. The van der Waals surface area contributed by atoms with Gasteiger partial charge in [0, 0.05) is 42.2 Å². The van der Waals surface area contributed by atoms with Gasteiger partial charge in [-0.05, 0) is 63.1 Å². The lowest BCUT2D eigenvalue weighted by Crippen LogP contribution is -2.50. The lowest BCUT2D eigenvalue weighted by molar-refractivity contribution is 0.00809. The number of benzene rings is 3.